The summed E-state index contributed by atoms with van der Waals surface area (Å²) in [6, 6.07) is 14.3. The van der Waals surface area contributed by atoms with E-state index in [1.165, 1.54) is 0 Å². The molecule has 1 aliphatic rings. The Hall–Kier alpha value is -2.86. The maximum atomic E-state index is 12.5. The number of nitrogens with zero attached hydrogens (tertiary/aromatic N) is 1. The molecule has 3 rings (SSSR count). The fourth-order valence-electron chi connectivity index (χ4n) is 3.23. The van der Waals surface area contributed by atoms with Crippen molar-refractivity contribution in [3.05, 3.63) is 54.1 Å². The van der Waals surface area contributed by atoms with Crippen LogP contribution >= 0.6 is 0 Å². The van der Waals surface area contributed by atoms with E-state index in [2.05, 4.69) is 5.32 Å². The van der Waals surface area contributed by atoms with Crippen LogP contribution < -0.4 is 20.7 Å². The number of hydrogen-bond acceptors (Lipinski definition) is 4. The molecule has 1 saturated heterocycles. The Morgan fingerprint density at radius 2 is 2.00 bits per heavy atom. The van der Waals surface area contributed by atoms with Crippen molar-refractivity contribution in [1.29, 1.82) is 0 Å². The first-order valence-corrected chi connectivity index (χ1v) is 9.17. The van der Waals surface area contributed by atoms with Crippen LogP contribution in [0.2, 0.25) is 0 Å². The summed E-state index contributed by atoms with van der Waals surface area (Å²) in [4.78, 5) is 26.5. The number of carbonyl (C=O) groups is 2. The molecule has 0 radical (unpaired) electrons. The second-order valence-electron chi connectivity index (χ2n) is 6.67. The van der Waals surface area contributed by atoms with Gasteiger partial charge in [0.2, 0.25) is 11.8 Å². The van der Waals surface area contributed by atoms with Gasteiger partial charge in [0.1, 0.15) is 5.75 Å². The monoisotopic (exact) mass is 367 g/mol. The summed E-state index contributed by atoms with van der Waals surface area (Å²) in [6.07, 6.45) is 2.85. The van der Waals surface area contributed by atoms with Crippen molar-refractivity contribution in [3.8, 4) is 5.75 Å². The third-order valence-corrected chi connectivity index (χ3v) is 4.70. The lowest BCUT2D eigenvalue weighted by molar-refractivity contribution is -0.119. The van der Waals surface area contributed by atoms with Gasteiger partial charge in [-0.1, -0.05) is 30.3 Å². The average Bonchev–Trinajstić information content (AvgIpc) is 2.69. The zero-order valence-electron chi connectivity index (χ0n) is 15.5. The van der Waals surface area contributed by atoms with Gasteiger partial charge in [-0.05, 0) is 43.0 Å². The molecular formula is C21H25N3O3. The molecule has 0 saturated carbocycles. The number of hydrogen-bond donors (Lipinski definition) is 2. The van der Waals surface area contributed by atoms with Gasteiger partial charge in [-0.25, -0.2) is 0 Å². The van der Waals surface area contributed by atoms with Gasteiger partial charge >= 0.3 is 0 Å². The fraction of sp³-hybridized carbons (Fsp3) is 0.333. The van der Waals surface area contributed by atoms with Crippen LogP contribution in [0.3, 0.4) is 0 Å². The molecule has 2 amide bonds. The third-order valence-electron chi connectivity index (χ3n) is 4.70. The lowest BCUT2D eigenvalue weighted by atomic mass is 10.1. The summed E-state index contributed by atoms with van der Waals surface area (Å²) in [7, 11) is 1.57. The Bertz CT molecular complexity index is 808. The van der Waals surface area contributed by atoms with Crippen molar-refractivity contribution in [1.82, 2.24) is 0 Å². The van der Waals surface area contributed by atoms with E-state index in [0.717, 1.165) is 18.4 Å². The molecule has 6 nitrogen and oxygen atoms in total. The van der Waals surface area contributed by atoms with Gasteiger partial charge in [0.25, 0.3) is 0 Å². The fourth-order valence-corrected chi connectivity index (χ4v) is 3.23. The number of nitrogens with two attached hydrogens (primary N) is 1. The molecule has 0 unspecified atom stereocenters. The van der Waals surface area contributed by atoms with Crippen LogP contribution in [-0.4, -0.2) is 31.5 Å². The number of anilines is 2. The highest BCUT2D eigenvalue weighted by Gasteiger charge is 2.23. The summed E-state index contributed by atoms with van der Waals surface area (Å²) in [5.74, 6) is 0.417. The second-order valence-corrected chi connectivity index (χ2v) is 6.67. The minimum absolute atomic E-state index is 0.0730. The topological polar surface area (TPSA) is 84.7 Å². The number of piperidine rings is 1. The van der Waals surface area contributed by atoms with Gasteiger partial charge in [-0.2, -0.15) is 0 Å². The predicted octanol–water partition coefficient (Wildman–Crippen LogP) is 2.72. The molecule has 2 aromatic rings. The van der Waals surface area contributed by atoms with E-state index < -0.39 is 6.04 Å². The highest BCUT2D eigenvalue weighted by molar-refractivity contribution is 5.98. The lowest BCUT2D eigenvalue weighted by Gasteiger charge is -2.28. The zero-order valence-corrected chi connectivity index (χ0v) is 15.5. The van der Waals surface area contributed by atoms with Crippen LogP contribution in [-0.2, 0) is 16.0 Å². The number of nitrogens with one attached hydrogen (secondary N) is 1. The van der Waals surface area contributed by atoms with E-state index in [4.69, 9.17) is 10.5 Å². The molecule has 0 aromatic heterocycles. The first-order chi connectivity index (χ1) is 13.1. The van der Waals surface area contributed by atoms with Crippen LogP contribution in [0.15, 0.2) is 48.5 Å². The molecule has 27 heavy (non-hydrogen) atoms. The normalized spacial score (nSPS) is 15.3. The third kappa shape index (κ3) is 4.65. The largest absolute Gasteiger partial charge is 0.495 e. The number of rotatable bonds is 6. The van der Waals surface area contributed by atoms with Crippen molar-refractivity contribution < 1.29 is 14.3 Å². The van der Waals surface area contributed by atoms with Crippen molar-refractivity contribution >= 4 is 23.2 Å². The van der Waals surface area contributed by atoms with E-state index in [9.17, 15) is 9.59 Å². The van der Waals surface area contributed by atoms with Crippen molar-refractivity contribution in [3.63, 3.8) is 0 Å². The van der Waals surface area contributed by atoms with Gasteiger partial charge in [0, 0.05) is 18.7 Å². The molecule has 6 heteroatoms. The van der Waals surface area contributed by atoms with Crippen molar-refractivity contribution in [2.24, 2.45) is 5.73 Å². The second kappa shape index (κ2) is 8.68. The van der Waals surface area contributed by atoms with Crippen LogP contribution in [0, 0.1) is 0 Å². The van der Waals surface area contributed by atoms with E-state index in [1.54, 1.807) is 30.2 Å². The molecule has 1 fully saturated rings. The number of methoxy groups -OCH3 is 1. The highest BCUT2D eigenvalue weighted by atomic mass is 16.5. The number of amides is 2. The molecule has 1 atom stereocenters. The molecule has 1 heterocycles. The van der Waals surface area contributed by atoms with Crippen molar-refractivity contribution in [2.45, 2.75) is 31.7 Å². The standard InChI is InChI=1S/C21H25N3O3/c1-27-19-11-10-16(14-18(19)24-12-6-5-9-20(24)25)23-21(26)17(22)13-15-7-3-2-4-8-15/h2-4,7-8,10-11,14,17H,5-6,9,12-13,22H2,1H3,(H,23,26)/t17-/m0/s1. The summed E-state index contributed by atoms with van der Waals surface area (Å²) >= 11 is 0. The molecule has 2 aromatic carbocycles. The molecule has 3 N–H and O–H groups in total. The summed E-state index contributed by atoms with van der Waals surface area (Å²) in [6.45, 7) is 0.653. The SMILES string of the molecule is COc1ccc(NC(=O)[C@@H](N)Cc2ccccc2)cc1N1CCCCC1=O. The average molecular weight is 367 g/mol. The van der Waals surface area contributed by atoms with Gasteiger partial charge < -0.3 is 20.7 Å². The molecular weight excluding hydrogens is 342 g/mol. The predicted molar refractivity (Wildman–Crippen MR) is 106 cm³/mol. The van der Waals surface area contributed by atoms with Crippen LogP contribution in [0.1, 0.15) is 24.8 Å². The molecule has 0 bridgehead atoms. The molecule has 0 spiro atoms. The summed E-state index contributed by atoms with van der Waals surface area (Å²) < 4.78 is 5.40. The maximum Gasteiger partial charge on any atom is 0.241 e. The summed E-state index contributed by atoms with van der Waals surface area (Å²) in [5, 5.41) is 2.85. The number of ether oxygens (including phenoxy) is 1. The van der Waals surface area contributed by atoms with E-state index in [0.29, 0.717) is 36.5 Å². The van der Waals surface area contributed by atoms with Crippen LogP contribution in [0.4, 0.5) is 11.4 Å². The minimum Gasteiger partial charge on any atom is -0.495 e. The van der Waals surface area contributed by atoms with E-state index in [-0.39, 0.29) is 11.8 Å². The van der Waals surface area contributed by atoms with E-state index >= 15 is 0 Å². The Kier molecular flexibility index (Phi) is 6.08. The number of benzene rings is 2. The summed E-state index contributed by atoms with van der Waals surface area (Å²) in [5.41, 5.74) is 8.34. The Labute approximate surface area is 159 Å². The zero-order chi connectivity index (χ0) is 19.2. The maximum absolute atomic E-state index is 12.5. The Morgan fingerprint density at radius 3 is 2.70 bits per heavy atom. The van der Waals surface area contributed by atoms with Crippen LogP contribution in [0.5, 0.6) is 5.75 Å². The van der Waals surface area contributed by atoms with Gasteiger partial charge in [0.15, 0.2) is 0 Å². The van der Waals surface area contributed by atoms with Gasteiger partial charge in [-0.3, -0.25) is 9.59 Å². The molecule has 142 valence electrons. The van der Waals surface area contributed by atoms with Gasteiger partial charge in [-0.15, -0.1) is 0 Å². The highest BCUT2D eigenvalue weighted by Crippen LogP contribution is 2.33. The molecule has 0 aliphatic carbocycles. The Morgan fingerprint density at radius 1 is 1.22 bits per heavy atom. The van der Waals surface area contributed by atoms with E-state index in [1.807, 2.05) is 30.3 Å². The smallest absolute Gasteiger partial charge is 0.241 e. The first-order valence-electron chi connectivity index (χ1n) is 9.17. The minimum atomic E-state index is -0.658. The Balaban J connectivity index is 1.73. The lowest BCUT2D eigenvalue weighted by Crippen LogP contribution is -2.37. The van der Waals surface area contributed by atoms with Crippen LogP contribution in [0.25, 0.3) is 0 Å². The molecule has 1 aliphatic heterocycles. The van der Waals surface area contributed by atoms with Gasteiger partial charge in [0.05, 0.1) is 18.8 Å². The quantitative estimate of drug-likeness (QED) is 0.822. The number of carbonyl (C=O) groups excluding carboxylic acids is 2. The first kappa shape index (κ1) is 18.9. The van der Waals surface area contributed by atoms with Crippen molar-refractivity contribution in [2.75, 3.05) is 23.9 Å².